The quantitative estimate of drug-likeness (QED) is 0.638. The number of rotatable bonds is 0. The molecule has 3 nitrogen and oxygen atoms in total. The highest BCUT2D eigenvalue weighted by atomic mass is 35.5. The van der Waals surface area contributed by atoms with E-state index in [2.05, 4.69) is 0 Å². The molecule has 2 rings (SSSR count). The van der Waals surface area contributed by atoms with Crippen LogP contribution < -0.4 is 4.74 Å². The molecule has 0 saturated heterocycles. The number of hydrogen-bond donors (Lipinski definition) is 0. The number of cyclic esters (lactones) is 1. The monoisotopic (exact) mass is 226 g/mol. The molecule has 0 saturated carbocycles. The summed E-state index contributed by atoms with van der Waals surface area (Å²) in [6.45, 7) is 5.19. The molecule has 0 aromatic heterocycles. The van der Waals surface area contributed by atoms with Gasteiger partial charge in [-0.2, -0.15) is 0 Å². The first-order valence-electron chi connectivity index (χ1n) is 4.61. The summed E-state index contributed by atoms with van der Waals surface area (Å²) in [4.78, 5) is 11.6. The van der Waals surface area contributed by atoms with Crippen molar-refractivity contribution in [2.75, 3.05) is 0 Å². The molecule has 1 aromatic carbocycles. The molecule has 0 aliphatic carbocycles. The van der Waals surface area contributed by atoms with Gasteiger partial charge < -0.3 is 9.47 Å². The Morgan fingerprint density at radius 1 is 1.27 bits per heavy atom. The number of hydrogen-bond acceptors (Lipinski definition) is 3. The van der Waals surface area contributed by atoms with Gasteiger partial charge >= 0.3 is 5.97 Å². The molecule has 80 valence electrons. The topological polar surface area (TPSA) is 35.5 Å². The van der Waals surface area contributed by atoms with Crippen LogP contribution in [0.3, 0.4) is 0 Å². The minimum absolute atomic E-state index is 0.374. The number of esters is 1. The molecule has 4 heteroatoms. The molecule has 0 fully saturated rings. The largest absolute Gasteiger partial charge is 0.452 e. The van der Waals surface area contributed by atoms with Crippen LogP contribution in [0.2, 0.25) is 5.02 Å². The Balaban J connectivity index is 2.56. The summed E-state index contributed by atoms with van der Waals surface area (Å²) in [6.07, 6.45) is 0. The van der Waals surface area contributed by atoms with E-state index in [1.807, 2.05) is 6.92 Å². The van der Waals surface area contributed by atoms with Crippen LogP contribution in [-0.2, 0) is 4.74 Å². The smallest absolute Gasteiger partial charge is 0.345 e. The van der Waals surface area contributed by atoms with E-state index in [0.29, 0.717) is 16.3 Å². The van der Waals surface area contributed by atoms with Gasteiger partial charge in [0.25, 0.3) is 0 Å². The van der Waals surface area contributed by atoms with E-state index in [0.717, 1.165) is 5.56 Å². The molecule has 0 spiro atoms. The van der Waals surface area contributed by atoms with E-state index >= 15 is 0 Å². The van der Waals surface area contributed by atoms with Gasteiger partial charge in [0.2, 0.25) is 5.79 Å². The van der Waals surface area contributed by atoms with Crippen molar-refractivity contribution in [1.82, 2.24) is 0 Å². The van der Waals surface area contributed by atoms with Gasteiger partial charge in [0.05, 0.1) is 0 Å². The molecular formula is C11H11ClO3. The number of carbonyl (C=O) groups is 1. The van der Waals surface area contributed by atoms with E-state index < -0.39 is 5.79 Å². The maximum absolute atomic E-state index is 11.6. The number of carbonyl (C=O) groups excluding carboxylic acids is 1. The first-order chi connectivity index (χ1) is 6.89. The average Bonchev–Trinajstić information content (AvgIpc) is 2.07. The highest BCUT2D eigenvalue weighted by Crippen LogP contribution is 2.34. The zero-order valence-electron chi connectivity index (χ0n) is 8.76. The predicted molar refractivity (Wildman–Crippen MR) is 56.3 cm³/mol. The summed E-state index contributed by atoms with van der Waals surface area (Å²) in [7, 11) is 0. The lowest BCUT2D eigenvalue weighted by atomic mass is 10.1. The fourth-order valence-electron chi connectivity index (χ4n) is 1.47. The second kappa shape index (κ2) is 3.14. The highest BCUT2D eigenvalue weighted by molar-refractivity contribution is 6.31. The van der Waals surface area contributed by atoms with E-state index in [1.54, 1.807) is 26.0 Å². The van der Waals surface area contributed by atoms with Crippen molar-refractivity contribution < 1.29 is 14.3 Å². The molecular weight excluding hydrogens is 216 g/mol. The summed E-state index contributed by atoms with van der Waals surface area (Å²) < 4.78 is 10.6. The Bertz CT molecular complexity index is 438. The average molecular weight is 227 g/mol. The number of halogens is 1. The first kappa shape index (κ1) is 10.3. The summed E-state index contributed by atoms with van der Waals surface area (Å²) in [5, 5.41) is 0.583. The first-order valence-corrected chi connectivity index (χ1v) is 4.99. The Kier molecular flexibility index (Phi) is 2.15. The van der Waals surface area contributed by atoms with Gasteiger partial charge in [-0.15, -0.1) is 0 Å². The standard InChI is InChI=1S/C11H11ClO3/c1-6-4-7-9(5-8(6)12)14-11(2,3)15-10(7)13/h4-5H,1-3H3. The number of fused-ring (bicyclic) bond motifs is 1. The van der Waals surface area contributed by atoms with Gasteiger partial charge in [0.15, 0.2) is 0 Å². The summed E-state index contributed by atoms with van der Waals surface area (Å²) >= 11 is 5.95. The molecule has 0 amide bonds. The number of ether oxygens (including phenoxy) is 2. The van der Waals surface area contributed by atoms with Crippen LogP contribution >= 0.6 is 11.6 Å². The minimum Gasteiger partial charge on any atom is -0.452 e. The minimum atomic E-state index is -0.928. The van der Waals surface area contributed by atoms with Crippen LogP contribution in [-0.4, -0.2) is 11.8 Å². The Morgan fingerprint density at radius 3 is 2.60 bits per heavy atom. The van der Waals surface area contributed by atoms with Gasteiger partial charge in [-0.25, -0.2) is 4.79 Å². The molecule has 1 aromatic rings. The van der Waals surface area contributed by atoms with Crippen LogP contribution in [0, 0.1) is 6.92 Å². The molecule has 1 aliphatic heterocycles. The van der Waals surface area contributed by atoms with E-state index in [-0.39, 0.29) is 5.97 Å². The number of aryl methyl sites for hydroxylation is 1. The maximum atomic E-state index is 11.6. The van der Waals surface area contributed by atoms with Crippen molar-refractivity contribution in [2.24, 2.45) is 0 Å². The molecule has 0 radical (unpaired) electrons. The van der Waals surface area contributed by atoms with Crippen molar-refractivity contribution in [2.45, 2.75) is 26.6 Å². The predicted octanol–water partition coefficient (Wildman–Crippen LogP) is 2.93. The molecule has 1 heterocycles. The second-order valence-corrected chi connectivity index (χ2v) is 4.40. The lowest BCUT2D eigenvalue weighted by Gasteiger charge is -2.31. The van der Waals surface area contributed by atoms with Crippen molar-refractivity contribution in [3.63, 3.8) is 0 Å². The van der Waals surface area contributed by atoms with Crippen LogP contribution in [0.1, 0.15) is 29.8 Å². The van der Waals surface area contributed by atoms with E-state index in [9.17, 15) is 4.79 Å². The molecule has 15 heavy (non-hydrogen) atoms. The van der Waals surface area contributed by atoms with Crippen molar-refractivity contribution in [3.8, 4) is 5.75 Å². The molecule has 0 unspecified atom stereocenters. The van der Waals surface area contributed by atoms with Crippen molar-refractivity contribution in [1.29, 1.82) is 0 Å². The van der Waals surface area contributed by atoms with Gasteiger partial charge in [0.1, 0.15) is 11.3 Å². The molecule has 0 atom stereocenters. The third-order valence-corrected chi connectivity index (χ3v) is 2.58. The Hall–Kier alpha value is -1.22. The zero-order valence-corrected chi connectivity index (χ0v) is 9.51. The molecule has 1 aliphatic rings. The van der Waals surface area contributed by atoms with Gasteiger partial charge in [-0.3, -0.25) is 0 Å². The number of benzene rings is 1. The van der Waals surface area contributed by atoms with E-state index in [4.69, 9.17) is 21.1 Å². The lowest BCUT2D eigenvalue weighted by Crippen LogP contribution is -2.38. The van der Waals surface area contributed by atoms with Crippen LogP contribution in [0.5, 0.6) is 5.75 Å². The van der Waals surface area contributed by atoms with Crippen molar-refractivity contribution in [3.05, 3.63) is 28.3 Å². The fourth-order valence-corrected chi connectivity index (χ4v) is 1.62. The lowest BCUT2D eigenvalue weighted by molar-refractivity contribution is -0.127. The summed E-state index contributed by atoms with van der Waals surface area (Å²) in [5.74, 6) is -0.823. The van der Waals surface area contributed by atoms with Gasteiger partial charge in [-0.1, -0.05) is 11.6 Å². The maximum Gasteiger partial charge on any atom is 0.345 e. The second-order valence-electron chi connectivity index (χ2n) is 3.99. The zero-order chi connectivity index (χ0) is 11.2. The van der Waals surface area contributed by atoms with Crippen LogP contribution in [0.15, 0.2) is 12.1 Å². The van der Waals surface area contributed by atoms with E-state index in [1.165, 1.54) is 0 Å². The normalized spacial score (nSPS) is 17.7. The third-order valence-electron chi connectivity index (χ3n) is 2.17. The Labute approximate surface area is 92.9 Å². The van der Waals surface area contributed by atoms with Crippen LogP contribution in [0.25, 0.3) is 0 Å². The Morgan fingerprint density at radius 2 is 1.93 bits per heavy atom. The highest BCUT2D eigenvalue weighted by Gasteiger charge is 2.34. The molecule has 0 N–H and O–H groups in total. The van der Waals surface area contributed by atoms with Crippen molar-refractivity contribution >= 4 is 17.6 Å². The van der Waals surface area contributed by atoms with Crippen LogP contribution in [0.4, 0.5) is 0 Å². The summed E-state index contributed by atoms with van der Waals surface area (Å²) in [5.41, 5.74) is 1.26. The van der Waals surface area contributed by atoms with Gasteiger partial charge in [0, 0.05) is 24.9 Å². The van der Waals surface area contributed by atoms with Gasteiger partial charge in [-0.05, 0) is 18.6 Å². The SMILES string of the molecule is Cc1cc2c(cc1Cl)OC(C)(C)OC2=O. The third kappa shape index (κ3) is 1.79. The molecule has 0 bridgehead atoms. The fraction of sp³-hybridized carbons (Fsp3) is 0.364. The summed E-state index contributed by atoms with van der Waals surface area (Å²) in [6, 6.07) is 3.32.